The first-order valence-corrected chi connectivity index (χ1v) is 11.5. The molecule has 0 aromatic carbocycles. The number of nitrogens with zero attached hydrogens (tertiary/aromatic N) is 1. The number of hydroxylamine groups is 3. The number of nitrogens with one attached hydrogen (secondary N) is 1. The Morgan fingerprint density at radius 1 is 1.06 bits per heavy atom. The Bertz CT molecular complexity index is 791. The van der Waals surface area contributed by atoms with Gasteiger partial charge in [-0.15, -0.1) is 5.92 Å². The molecule has 3 atom stereocenters. The Kier molecular flexibility index (Phi) is 14.0. The van der Waals surface area contributed by atoms with Crippen molar-refractivity contribution in [2.45, 2.75) is 90.1 Å². The summed E-state index contributed by atoms with van der Waals surface area (Å²) in [5.74, 6) is 24.2. The second-order valence-electron chi connectivity index (χ2n) is 7.77. The molecule has 0 saturated carbocycles. The van der Waals surface area contributed by atoms with Crippen LogP contribution in [0.2, 0.25) is 0 Å². The molecule has 0 spiro atoms. The van der Waals surface area contributed by atoms with Crippen LogP contribution in [0.3, 0.4) is 0 Å². The van der Waals surface area contributed by atoms with Gasteiger partial charge in [0.1, 0.15) is 12.6 Å². The van der Waals surface area contributed by atoms with Crippen LogP contribution in [0.1, 0.15) is 78.1 Å². The summed E-state index contributed by atoms with van der Waals surface area (Å²) in [6.07, 6.45) is 7.60. The Morgan fingerprint density at radius 2 is 1.71 bits per heavy atom. The third kappa shape index (κ3) is 11.0. The summed E-state index contributed by atoms with van der Waals surface area (Å²) >= 11 is 0. The van der Waals surface area contributed by atoms with Crippen molar-refractivity contribution in [3.63, 3.8) is 0 Å². The fraction of sp³-hybridized carbons (Fsp3) is 0.654. The first-order valence-electron chi connectivity index (χ1n) is 11.5. The molecule has 5 heteroatoms. The van der Waals surface area contributed by atoms with Crippen LogP contribution in [0.15, 0.2) is 0 Å². The van der Waals surface area contributed by atoms with Crippen LogP contribution in [0.4, 0.5) is 0 Å². The van der Waals surface area contributed by atoms with Gasteiger partial charge in [-0.2, -0.15) is 4.65 Å². The van der Waals surface area contributed by atoms with E-state index in [0.717, 1.165) is 25.9 Å². The van der Waals surface area contributed by atoms with Gasteiger partial charge in [0.05, 0.1) is 25.8 Å². The Hall–Kier alpha value is -2.41. The second-order valence-corrected chi connectivity index (χ2v) is 7.77. The van der Waals surface area contributed by atoms with E-state index >= 15 is 0 Å². The van der Waals surface area contributed by atoms with Crippen LogP contribution < -0.4 is 11.1 Å². The van der Waals surface area contributed by atoms with Crippen LogP contribution in [0, 0.1) is 47.4 Å². The molecular weight excluding hydrogens is 386 g/mol. The standard InChI is InChI=1S/C26H37N3O2/c1-3-5-6-7-8-9-10-11-12-13-14-15-16-17-18-25(19-20-26(27)30)29(31)22-21-28-23-24(29)4-2/h24-25,28,31H,3-7,10,13,16,19-23H2,1-2H3,(H-,27,30)/p+1. The number of nitrogens with two attached hydrogens (primary N) is 1. The maximum atomic E-state index is 11.3. The summed E-state index contributed by atoms with van der Waals surface area (Å²) in [5, 5.41) is 14.6. The molecular formula is C26H38N3O2+. The van der Waals surface area contributed by atoms with E-state index in [2.05, 4.69) is 66.5 Å². The average Bonchev–Trinajstić information content (AvgIpc) is 2.76. The summed E-state index contributed by atoms with van der Waals surface area (Å²) in [5.41, 5.74) is 5.33. The lowest BCUT2D eigenvalue weighted by molar-refractivity contribution is -1.13. The van der Waals surface area contributed by atoms with E-state index in [1.165, 1.54) is 19.3 Å². The van der Waals surface area contributed by atoms with Crippen molar-refractivity contribution in [1.82, 2.24) is 5.32 Å². The number of quaternary nitrogens is 1. The normalized spacial score (nSPS) is 20.4. The molecule has 1 aliphatic heterocycles. The maximum Gasteiger partial charge on any atom is 0.217 e. The number of piperazine rings is 1. The number of hydrogen-bond donors (Lipinski definition) is 3. The topological polar surface area (TPSA) is 75.4 Å². The third-order valence-corrected chi connectivity index (χ3v) is 5.41. The van der Waals surface area contributed by atoms with Crippen LogP contribution in [-0.4, -0.2) is 47.5 Å². The van der Waals surface area contributed by atoms with Gasteiger partial charge in [0, 0.05) is 32.2 Å². The van der Waals surface area contributed by atoms with E-state index < -0.39 is 0 Å². The number of carbonyl (C=O) groups excluding carboxylic acids is 1. The highest BCUT2D eigenvalue weighted by Gasteiger charge is 2.44. The van der Waals surface area contributed by atoms with E-state index in [-0.39, 0.29) is 29.1 Å². The monoisotopic (exact) mass is 424 g/mol. The van der Waals surface area contributed by atoms with Crippen molar-refractivity contribution in [1.29, 1.82) is 0 Å². The number of amides is 1. The SMILES string of the molecule is CCCCCC#CCC#CCC#CCC#CC(CCC(N)=O)[N+]1(O)CCNCC1CC. The van der Waals surface area contributed by atoms with Gasteiger partial charge in [0.2, 0.25) is 5.91 Å². The Balaban J connectivity index is 2.55. The third-order valence-electron chi connectivity index (χ3n) is 5.41. The molecule has 1 amide bonds. The van der Waals surface area contributed by atoms with Gasteiger partial charge in [-0.1, -0.05) is 62.2 Å². The Labute approximate surface area is 189 Å². The first-order chi connectivity index (χ1) is 15.0. The van der Waals surface area contributed by atoms with E-state index in [0.29, 0.717) is 32.2 Å². The van der Waals surface area contributed by atoms with Crippen LogP contribution in [0.5, 0.6) is 0 Å². The number of hydrogen-bond acceptors (Lipinski definition) is 3. The van der Waals surface area contributed by atoms with E-state index in [9.17, 15) is 10.0 Å². The van der Waals surface area contributed by atoms with Gasteiger partial charge in [0.25, 0.3) is 0 Å². The van der Waals surface area contributed by atoms with Crippen LogP contribution in [-0.2, 0) is 4.79 Å². The Morgan fingerprint density at radius 3 is 2.32 bits per heavy atom. The van der Waals surface area contributed by atoms with Gasteiger partial charge in [-0.3, -0.25) is 4.79 Å². The second kappa shape index (κ2) is 16.3. The molecule has 1 fully saturated rings. The highest BCUT2D eigenvalue weighted by molar-refractivity contribution is 5.73. The largest absolute Gasteiger partial charge is 0.370 e. The molecule has 0 bridgehead atoms. The molecule has 31 heavy (non-hydrogen) atoms. The minimum absolute atomic E-state index is 0.0528. The van der Waals surface area contributed by atoms with Crippen LogP contribution in [0.25, 0.3) is 0 Å². The van der Waals surface area contributed by atoms with Gasteiger partial charge >= 0.3 is 0 Å². The van der Waals surface area contributed by atoms with Crippen molar-refractivity contribution in [2.24, 2.45) is 5.73 Å². The molecule has 1 rings (SSSR count). The summed E-state index contributed by atoms with van der Waals surface area (Å²) in [7, 11) is 0. The van der Waals surface area contributed by atoms with Crippen molar-refractivity contribution < 1.29 is 14.6 Å². The highest BCUT2D eigenvalue weighted by Crippen LogP contribution is 2.23. The zero-order valence-electron chi connectivity index (χ0n) is 19.2. The van der Waals surface area contributed by atoms with Gasteiger partial charge in [-0.25, -0.2) is 5.21 Å². The quantitative estimate of drug-likeness (QED) is 0.319. The zero-order chi connectivity index (χ0) is 22.8. The number of carbonyl (C=O) groups is 1. The molecule has 0 aromatic heterocycles. The molecule has 1 heterocycles. The predicted octanol–water partition coefficient (Wildman–Crippen LogP) is 2.97. The number of rotatable bonds is 8. The average molecular weight is 425 g/mol. The molecule has 0 aliphatic carbocycles. The van der Waals surface area contributed by atoms with Crippen LogP contribution >= 0.6 is 0 Å². The highest BCUT2D eigenvalue weighted by atomic mass is 16.6. The lowest BCUT2D eigenvalue weighted by atomic mass is 10.0. The molecule has 1 aliphatic rings. The summed E-state index contributed by atoms with van der Waals surface area (Å²) < 4.78 is -0.123. The first kappa shape index (κ1) is 26.6. The number of unbranched alkanes of at least 4 members (excludes halogenated alkanes) is 3. The lowest BCUT2D eigenvalue weighted by Gasteiger charge is -2.44. The fourth-order valence-corrected chi connectivity index (χ4v) is 3.59. The summed E-state index contributed by atoms with van der Waals surface area (Å²) in [6.45, 7) is 6.28. The van der Waals surface area contributed by atoms with Gasteiger partial charge in [-0.05, 0) is 12.3 Å². The van der Waals surface area contributed by atoms with Gasteiger partial charge < -0.3 is 11.1 Å². The minimum Gasteiger partial charge on any atom is -0.370 e. The van der Waals surface area contributed by atoms with Crippen molar-refractivity contribution in [3.8, 4) is 47.4 Å². The smallest absolute Gasteiger partial charge is 0.217 e. The predicted molar refractivity (Wildman–Crippen MR) is 125 cm³/mol. The number of primary amides is 1. The molecule has 0 aromatic rings. The molecule has 3 unspecified atom stereocenters. The van der Waals surface area contributed by atoms with Crippen molar-refractivity contribution >= 4 is 5.91 Å². The molecule has 5 nitrogen and oxygen atoms in total. The van der Waals surface area contributed by atoms with Gasteiger partial charge in [0.15, 0.2) is 6.04 Å². The minimum atomic E-state index is -0.370. The van der Waals surface area contributed by atoms with E-state index in [1.807, 2.05) is 0 Å². The molecule has 0 radical (unpaired) electrons. The van der Waals surface area contributed by atoms with Crippen molar-refractivity contribution in [3.05, 3.63) is 0 Å². The fourth-order valence-electron chi connectivity index (χ4n) is 3.59. The summed E-state index contributed by atoms with van der Waals surface area (Å²) in [4.78, 5) is 11.3. The lowest BCUT2D eigenvalue weighted by Crippen LogP contribution is -2.67. The maximum absolute atomic E-state index is 11.3. The van der Waals surface area contributed by atoms with E-state index in [1.54, 1.807) is 0 Å². The molecule has 168 valence electrons. The molecule has 4 N–H and O–H groups in total. The van der Waals surface area contributed by atoms with E-state index in [4.69, 9.17) is 5.73 Å². The molecule has 1 saturated heterocycles. The van der Waals surface area contributed by atoms with Crippen molar-refractivity contribution in [2.75, 3.05) is 19.6 Å². The zero-order valence-corrected chi connectivity index (χ0v) is 19.2. The summed E-state index contributed by atoms with van der Waals surface area (Å²) in [6, 6.07) is -0.283.